The number of hydrogen-bond acceptors (Lipinski definition) is 7. The zero-order valence-corrected chi connectivity index (χ0v) is 21.6. The number of carbonyl (C=O) groups is 5. The number of amides is 4. The molecule has 4 N–H and O–H groups in total. The van der Waals surface area contributed by atoms with Crippen molar-refractivity contribution in [2.75, 3.05) is 19.8 Å². The number of carbonyl (C=O) groups excluding carboxylic acids is 5. The number of hydrogen-bond donors (Lipinski definition) is 4. The van der Waals surface area contributed by atoms with Crippen molar-refractivity contribution in [3.63, 3.8) is 0 Å². The van der Waals surface area contributed by atoms with E-state index in [2.05, 4.69) is 20.7 Å². The largest absolute Gasteiger partial charge is 0.522 e. The van der Waals surface area contributed by atoms with Crippen LogP contribution in [-0.4, -0.2) is 84.9 Å². The lowest BCUT2D eigenvalue weighted by Gasteiger charge is -2.44. The van der Waals surface area contributed by atoms with Crippen LogP contribution in [0.2, 0.25) is 0 Å². The zero-order chi connectivity index (χ0) is 30.1. The third-order valence-electron chi connectivity index (χ3n) is 7.02. The van der Waals surface area contributed by atoms with Crippen molar-refractivity contribution in [3.8, 4) is 0 Å². The molecule has 2 bridgehead atoms. The summed E-state index contributed by atoms with van der Waals surface area (Å²) >= 11 is 0. The lowest BCUT2D eigenvalue weighted by Crippen LogP contribution is -2.67. The summed E-state index contributed by atoms with van der Waals surface area (Å²) in [6.07, 6.45) is -10.8. The molecule has 3 atom stereocenters. The minimum absolute atomic E-state index is 0.0213. The Morgan fingerprint density at radius 2 is 1.73 bits per heavy atom. The van der Waals surface area contributed by atoms with Crippen molar-refractivity contribution < 1.29 is 59.8 Å². The average molecular weight is 589 g/mol. The number of rotatable bonds is 12. The highest BCUT2D eigenvalue weighted by Gasteiger charge is 2.68. The van der Waals surface area contributed by atoms with Crippen LogP contribution in [0.3, 0.4) is 0 Å². The van der Waals surface area contributed by atoms with Crippen LogP contribution in [0.15, 0.2) is 0 Å². The Balaban J connectivity index is 1.68. The molecule has 0 aromatic rings. The second kappa shape index (κ2) is 11.5. The van der Waals surface area contributed by atoms with Crippen molar-refractivity contribution in [2.45, 2.75) is 81.7 Å². The van der Waals surface area contributed by atoms with Gasteiger partial charge in [0.25, 0.3) is 5.91 Å². The van der Waals surface area contributed by atoms with E-state index in [1.54, 1.807) is 13.8 Å². The first-order chi connectivity index (χ1) is 18.3. The monoisotopic (exact) mass is 588 g/mol. The van der Waals surface area contributed by atoms with E-state index < -0.39 is 77.7 Å². The molecule has 0 aromatic heterocycles. The third kappa shape index (κ3) is 7.62. The Bertz CT molecular complexity index is 1030. The molecule has 226 valence electrons. The number of nitrogens with one attached hydrogen (secondary N) is 4. The molecule has 0 aromatic carbocycles. The van der Waals surface area contributed by atoms with E-state index in [1.165, 1.54) is 0 Å². The van der Waals surface area contributed by atoms with Gasteiger partial charge in [-0.3, -0.25) is 28.7 Å². The highest BCUT2D eigenvalue weighted by molar-refractivity contribution is 5.96. The first-order valence-corrected chi connectivity index (χ1v) is 12.5. The van der Waals surface area contributed by atoms with Gasteiger partial charge in [-0.2, -0.15) is 13.2 Å². The molecule has 4 aliphatic rings. The molecular weight excluding hydrogens is 558 g/mol. The van der Waals surface area contributed by atoms with Gasteiger partial charge in [0.2, 0.25) is 11.8 Å². The van der Waals surface area contributed by atoms with E-state index in [0.717, 1.165) is 0 Å². The van der Waals surface area contributed by atoms with Crippen LogP contribution in [0.4, 0.5) is 26.3 Å². The summed E-state index contributed by atoms with van der Waals surface area (Å²) < 4.78 is 84.5. The van der Waals surface area contributed by atoms with Crippen LogP contribution in [0.1, 0.15) is 46.0 Å². The van der Waals surface area contributed by atoms with Crippen LogP contribution >= 0.6 is 0 Å². The maximum Gasteiger partial charge on any atom is 0.522 e. The molecule has 3 saturated heterocycles. The Morgan fingerprint density at radius 3 is 2.25 bits per heavy atom. The average Bonchev–Trinajstić information content (AvgIpc) is 3.49. The smallest absolute Gasteiger partial charge is 0.363 e. The SMILES string of the molecule is CC(C)CC(NC(=O)C12CC(NC(=O)C(F)(F)F)(CO1)C2)C(=O)NC(C[C@@H]1CCNC1=O)C(=O)COC(F)(F)F. The summed E-state index contributed by atoms with van der Waals surface area (Å²) in [7, 11) is 0. The normalized spacial score (nSPS) is 27.4. The Kier molecular flexibility index (Phi) is 9.08. The minimum Gasteiger partial charge on any atom is -0.363 e. The molecule has 2 unspecified atom stereocenters. The topological polar surface area (TPSA) is 152 Å². The Hall–Kier alpha value is -2.95. The van der Waals surface area contributed by atoms with Gasteiger partial charge in [-0.25, -0.2) is 0 Å². The molecule has 4 amide bonds. The quantitative estimate of drug-likeness (QED) is 0.244. The first kappa shape index (κ1) is 31.6. The van der Waals surface area contributed by atoms with Gasteiger partial charge in [0.15, 0.2) is 11.4 Å². The van der Waals surface area contributed by atoms with E-state index in [-0.39, 0.29) is 51.2 Å². The van der Waals surface area contributed by atoms with Crippen LogP contribution in [0, 0.1) is 11.8 Å². The fraction of sp³-hybridized carbons (Fsp3) is 0.783. The molecule has 0 radical (unpaired) electrons. The Labute approximate surface area is 224 Å². The van der Waals surface area contributed by atoms with Gasteiger partial charge >= 0.3 is 18.4 Å². The molecule has 3 heterocycles. The molecule has 4 fully saturated rings. The number of ketones is 1. The van der Waals surface area contributed by atoms with E-state index in [4.69, 9.17) is 4.74 Å². The highest BCUT2D eigenvalue weighted by atomic mass is 19.4. The van der Waals surface area contributed by atoms with Crippen LogP contribution in [0.5, 0.6) is 0 Å². The van der Waals surface area contributed by atoms with Gasteiger partial charge in [0, 0.05) is 25.3 Å². The molecule has 11 nitrogen and oxygen atoms in total. The first-order valence-electron chi connectivity index (χ1n) is 12.5. The van der Waals surface area contributed by atoms with Gasteiger partial charge in [-0.15, -0.1) is 13.2 Å². The Morgan fingerprint density at radius 1 is 1.07 bits per heavy atom. The van der Waals surface area contributed by atoms with Gasteiger partial charge in [-0.05, 0) is 25.2 Å². The van der Waals surface area contributed by atoms with Gasteiger partial charge in [-0.1, -0.05) is 13.8 Å². The van der Waals surface area contributed by atoms with Crippen molar-refractivity contribution >= 4 is 29.4 Å². The summed E-state index contributed by atoms with van der Waals surface area (Å²) in [4.78, 5) is 62.1. The van der Waals surface area contributed by atoms with Gasteiger partial charge in [0.05, 0.1) is 18.2 Å². The van der Waals surface area contributed by atoms with E-state index in [1.807, 2.05) is 5.32 Å². The summed E-state index contributed by atoms with van der Waals surface area (Å²) in [6.45, 7) is 1.94. The second-order valence-corrected chi connectivity index (χ2v) is 10.8. The molecule has 0 spiro atoms. The number of alkyl halides is 6. The molecule has 1 saturated carbocycles. The lowest BCUT2D eigenvalue weighted by molar-refractivity contribution is -0.321. The summed E-state index contributed by atoms with van der Waals surface area (Å²) in [5, 5.41) is 9.15. The van der Waals surface area contributed by atoms with E-state index >= 15 is 0 Å². The third-order valence-corrected chi connectivity index (χ3v) is 7.02. The fourth-order valence-corrected chi connectivity index (χ4v) is 5.13. The predicted molar refractivity (Wildman–Crippen MR) is 121 cm³/mol. The number of ether oxygens (including phenoxy) is 2. The molecular formula is C23H30F6N4O7. The van der Waals surface area contributed by atoms with Crippen molar-refractivity contribution in [3.05, 3.63) is 0 Å². The van der Waals surface area contributed by atoms with Crippen LogP contribution in [0.25, 0.3) is 0 Å². The van der Waals surface area contributed by atoms with Gasteiger partial charge in [0.1, 0.15) is 12.6 Å². The number of halogens is 6. The van der Waals surface area contributed by atoms with Crippen LogP contribution in [-0.2, 0) is 33.4 Å². The summed E-state index contributed by atoms with van der Waals surface area (Å²) in [6, 6.07) is -2.84. The van der Waals surface area contributed by atoms with E-state index in [9.17, 15) is 50.3 Å². The summed E-state index contributed by atoms with van der Waals surface area (Å²) in [5.41, 5.74) is -2.98. The maximum absolute atomic E-state index is 13.2. The maximum atomic E-state index is 13.2. The molecule has 1 aliphatic carbocycles. The van der Waals surface area contributed by atoms with Crippen molar-refractivity contribution in [1.29, 1.82) is 0 Å². The summed E-state index contributed by atoms with van der Waals surface area (Å²) in [5.74, 6) is -6.45. The zero-order valence-electron chi connectivity index (χ0n) is 21.6. The second-order valence-electron chi connectivity index (χ2n) is 10.8. The highest BCUT2D eigenvalue weighted by Crippen LogP contribution is 2.52. The molecule has 17 heteroatoms. The molecule has 4 rings (SSSR count). The molecule has 40 heavy (non-hydrogen) atoms. The number of fused-ring (bicyclic) bond motifs is 1. The standard InChI is InChI=1S/C23H30F6N4O7/c1-11(2)5-14(32-18(37)21-8-20(9-21,10-40-21)33-19(38)22(24,25)26)17(36)31-13(6-12-3-4-30-16(12)35)15(34)7-39-23(27,28)29/h11-14H,3-10H2,1-2H3,(H,30,35)(H,31,36)(H,32,37)(H,33,38)/t12-,13?,14?,20?,21?/m0/s1. The lowest BCUT2D eigenvalue weighted by atomic mass is 9.67. The fourth-order valence-electron chi connectivity index (χ4n) is 5.13. The van der Waals surface area contributed by atoms with E-state index in [0.29, 0.717) is 0 Å². The predicted octanol–water partition coefficient (Wildman–Crippen LogP) is 0.614. The number of Topliss-reactive ketones (excluding diaryl/α,β-unsaturated/α-hetero) is 1. The van der Waals surface area contributed by atoms with Crippen LogP contribution < -0.4 is 21.3 Å². The molecule has 3 aliphatic heterocycles. The minimum atomic E-state index is -5.13. The van der Waals surface area contributed by atoms with Gasteiger partial charge < -0.3 is 26.0 Å². The van der Waals surface area contributed by atoms with Crippen molar-refractivity contribution in [1.82, 2.24) is 21.3 Å². The van der Waals surface area contributed by atoms with Crippen molar-refractivity contribution in [2.24, 2.45) is 11.8 Å².